The Balaban J connectivity index is 1.66. The molecule has 0 fully saturated rings. The molecule has 192 valence electrons. The molecule has 0 atom stereocenters. The van der Waals surface area contributed by atoms with Crippen molar-refractivity contribution in [1.29, 1.82) is 0 Å². The number of halogens is 1. The molecule has 0 spiro atoms. The van der Waals surface area contributed by atoms with Gasteiger partial charge in [-0.15, -0.1) is 0 Å². The van der Waals surface area contributed by atoms with E-state index in [1.165, 1.54) is 4.68 Å². The van der Waals surface area contributed by atoms with E-state index in [0.29, 0.717) is 62.7 Å². The van der Waals surface area contributed by atoms with Crippen LogP contribution in [0.5, 0.6) is 17.2 Å². The fourth-order valence-corrected chi connectivity index (χ4v) is 4.62. The van der Waals surface area contributed by atoms with Gasteiger partial charge in [-0.3, -0.25) is 4.79 Å². The van der Waals surface area contributed by atoms with Crippen LogP contribution in [0.3, 0.4) is 0 Å². The fourth-order valence-electron chi connectivity index (χ4n) is 4.04. The van der Waals surface area contributed by atoms with Gasteiger partial charge < -0.3 is 18.6 Å². The van der Waals surface area contributed by atoms with Crippen molar-refractivity contribution in [2.75, 3.05) is 20.3 Å². The first kappa shape index (κ1) is 25.3. The highest BCUT2D eigenvalue weighted by Gasteiger charge is 2.18. The second-order valence-corrected chi connectivity index (χ2v) is 9.01. The molecule has 38 heavy (non-hydrogen) atoms. The molecule has 0 aliphatic carbocycles. The van der Waals surface area contributed by atoms with Crippen LogP contribution in [0.2, 0.25) is 0 Å². The first-order chi connectivity index (χ1) is 18.5. The monoisotopic (exact) mass is 573 g/mol. The molecule has 8 nitrogen and oxygen atoms in total. The number of fused-ring (bicyclic) bond motifs is 2. The largest absolute Gasteiger partial charge is 0.496 e. The van der Waals surface area contributed by atoms with Crippen LogP contribution in [0.25, 0.3) is 33.5 Å². The van der Waals surface area contributed by atoms with E-state index in [1.807, 2.05) is 37.3 Å². The minimum atomic E-state index is -0.329. The van der Waals surface area contributed by atoms with Gasteiger partial charge in [0.15, 0.2) is 17.3 Å². The zero-order chi connectivity index (χ0) is 26.6. The van der Waals surface area contributed by atoms with E-state index in [9.17, 15) is 4.79 Å². The normalized spacial score (nSPS) is 11.3. The van der Waals surface area contributed by atoms with Crippen molar-refractivity contribution in [3.63, 3.8) is 0 Å². The minimum Gasteiger partial charge on any atom is -0.496 e. The van der Waals surface area contributed by atoms with Gasteiger partial charge in [-0.05, 0) is 70.9 Å². The highest BCUT2D eigenvalue weighted by Crippen LogP contribution is 2.37. The molecule has 2 heterocycles. The average molecular weight is 574 g/mol. The standard InChI is InChI=1S/C29H24BrN3O5/c1-4-13-37-27-21(30)14-18(15-25(27)36-5-2)17-31-33-28(32-22-10-7-6-9-19(22)29(33)34)26-16-20-23(35-3)11-8-12-24(20)38-26/h4,6-12,14-17H,1,5,13H2,2-3H3. The Morgan fingerprint density at radius 1 is 1.08 bits per heavy atom. The maximum Gasteiger partial charge on any atom is 0.282 e. The molecule has 0 bridgehead atoms. The molecular weight excluding hydrogens is 550 g/mol. The number of methoxy groups -OCH3 is 1. The molecule has 0 unspecified atom stereocenters. The summed E-state index contributed by atoms with van der Waals surface area (Å²) in [5.41, 5.74) is 1.50. The Morgan fingerprint density at radius 2 is 1.92 bits per heavy atom. The SMILES string of the molecule is C=CCOc1c(Br)cc(C=Nn2c(-c3cc4c(OC)cccc4o3)nc3ccccc3c2=O)cc1OCC. The van der Waals surface area contributed by atoms with Crippen LogP contribution in [0, 0.1) is 0 Å². The molecule has 5 aromatic rings. The number of nitrogens with zero attached hydrogens (tertiary/aromatic N) is 3. The molecule has 3 aromatic carbocycles. The zero-order valence-electron chi connectivity index (χ0n) is 20.8. The van der Waals surface area contributed by atoms with E-state index in [1.54, 1.807) is 49.7 Å². The van der Waals surface area contributed by atoms with Crippen molar-refractivity contribution in [3.05, 3.63) is 93.7 Å². The van der Waals surface area contributed by atoms with Crippen LogP contribution in [0.15, 0.2) is 92.1 Å². The number of hydrogen-bond donors (Lipinski definition) is 0. The van der Waals surface area contributed by atoms with Crippen LogP contribution in [0.4, 0.5) is 0 Å². The van der Waals surface area contributed by atoms with Crippen molar-refractivity contribution in [2.24, 2.45) is 5.10 Å². The summed E-state index contributed by atoms with van der Waals surface area (Å²) >= 11 is 3.55. The molecule has 0 aliphatic heterocycles. The Bertz CT molecular complexity index is 1740. The van der Waals surface area contributed by atoms with Gasteiger partial charge in [-0.25, -0.2) is 4.98 Å². The topological polar surface area (TPSA) is 88.1 Å². The summed E-state index contributed by atoms with van der Waals surface area (Å²) in [6.07, 6.45) is 3.22. The lowest BCUT2D eigenvalue weighted by molar-refractivity contribution is 0.295. The molecule has 9 heteroatoms. The predicted molar refractivity (Wildman–Crippen MR) is 152 cm³/mol. The first-order valence-electron chi connectivity index (χ1n) is 11.9. The summed E-state index contributed by atoms with van der Waals surface area (Å²) in [6.45, 7) is 6.36. The third-order valence-electron chi connectivity index (χ3n) is 5.72. The molecule has 5 rings (SSSR count). The van der Waals surface area contributed by atoms with Gasteiger partial charge in [0.2, 0.25) is 5.82 Å². The Kier molecular flexibility index (Phi) is 7.28. The van der Waals surface area contributed by atoms with Crippen molar-refractivity contribution in [3.8, 4) is 28.8 Å². The van der Waals surface area contributed by atoms with Gasteiger partial charge in [-0.2, -0.15) is 9.78 Å². The third-order valence-corrected chi connectivity index (χ3v) is 6.30. The quantitative estimate of drug-likeness (QED) is 0.149. The van der Waals surface area contributed by atoms with Crippen LogP contribution in [0.1, 0.15) is 12.5 Å². The van der Waals surface area contributed by atoms with Gasteiger partial charge in [-0.1, -0.05) is 30.9 Å². The maximum atomic E-state index is 13.6. The third kappa shape index (κ3) is 4.80. The molecule has 0 saturated carbocycles. The smallest absolute Gasteiger partial charge is 0.282 e. The molecule has 0 aliphatic rings. The summed E-state index contributed by atoms with van der Waals surface area (Å²) < 4.78 is 25.0. The van der Waals surface area contributed by atoms with E-state index < -0.39 is 0 Å². The lowest BCUT2D eigenvalue weighted by atomic mass is 10.2. The van der Waals surface area contributed by atoms with Gasteiger partial charge >= 0.3 is 0 Å². The summed E-state index contributed by atoms with van der Waals surface area (Å²) in [5, 5.41) is 5.74. The molecule has 0 radical (unpaired) electrons. The lowest BCUT2D eigenvalue weighted by Crippen LogP contribution is -2.20. The van der Waals surface area contributed by atoms with Crippen molar-refractivity contribution in [2.45, 2.75) is 6.92 Å². The van der Waals surface area contributed by atoms with Gasteiger partial charge in [0.05, 0.1) is 40.7 Å². The molecule has 0 saturated heterocycles. The number of benzene rings is 3. The summed E-state index contributed by atoms with van der Waals surface area (Å²) in [4.78, 5) is 18.3. The lowest BCUT2D eigenvalue weighted by Gasteiger charge is -2.13. The second kappa shape index (κ2) is 10.9. The number of hydrogen-bond acceptors (Lipinski definition) is 7. The van der Waals surface area contributed by atoms with Crippen LogP contribution in [-0.4, -0.2) is 36.2 Å². The number of aromatic nitrogens is 2. The van der Waals surface area contributed by atoms with Crippen LogP contribution >= 0.6 is 15.9 Å². The molecule has 2 aromatic heterocycles. The van der Waals surface area contributed by atoms with Gasteiger partial charge in [0, 0.05) is 0 Å². The van der Waals surface area contributed by atoms with Crippen molar-refractivity contribution < 1.29 is 18.6 Å². The highest BCUT2D eigenvalue weighted by molar-refractivity contribution is 9.10. The Hall–Kier alpha value is -4.37. The Labute approximate surface area is 226 Å². The van der Waals surface area contributed by atoms with E-state index >= 15 is 0 Å². The average Bonchev–Trinajstić information content (AvgIpc) is 3.37. The van der Waals surface area contributed by atoms with E-state index in [-0.39, 0.29) is 11.4 Å². The van der Waals surface area contributed by atoms with Crippen LogP contribution in [-0.2, 0) is 0 Å². The summed E-state index contributed by atoms with van der Waals surface area (Å²) in [5.74, 6) is 2.40. The number of rotatable bonds is 9. The molecule has 0 amide bonds. The fraction of sp³-hybridized carbons (Fsp3) is 0.138. The predicted octanol–water partition coefficient (Wildman–Crippen LogP) is 6.43. The summed E-state index contributed by atoms with van der Waals surface area (Å²) in [6, 6.07) is 18.1. The summed E-state index contributed by atoms with van der Waals surface area (Å²) in [7, 11) is 1.60. The number of para-hydroxylation sites is 1. The zero-order valence-corrected chi connectivity index (χ0v) is 22.4. The van der Waals surface area contributed by atoms with E-state index in [0.717, 1.165) is 5.39 Å². The molecule has 0 N–H and O–H groups in total. The highest BCUT2D eigenvalue weighted by atomic mass is 79.9. The minimum absolute atomic E-state index is 0.262. The second-order valence-electron chi connectivity index (χ2n) is 8.16. The van der Waals surface area contributed by atoms with Gasteiger partial charge in [0.1, 0.15) is 17.9 Å². The van der Waals surface area contributed by atoms with E-state index in [2.05, 4.69) is 27.6 Å². The van der Waals surface area contributed by atoms with Crippen molar-refractivity contribution in [1.82, 2.24) is 9.66 Å². The van der Waals surface area contributed by atoms with Crippen LogP contribution < -0.4 is 19.8 Å². The Morgan fingerprint density at radius 3 is 2.71 bits per heavy atom. The first-order valence-corrected chi connectivity index (χ1v) is 12.7. The maximum absolute atomic E-state index is 13.6. The van der Waals surface area contributed by atoms with Crippen molar-refractivity contribution >= 4 is 44.0 Å². The van der Waals surface area contributed by atoms with E-state index in [4.69, 9.17) is 23.6 Å². The number of ether oxygens (including phenoxy) is 3. The number of furan rings is 1. The molecular formula is C29H24BrN3O5. The van der Waals surface area contributed by atoms with Gasteiger partial charge in [0.25, 0.3) is 5.56 Å².